The van der Waals surface area contributed by atoms with Gasteiger partial charge < -0.3 is 29.4 Å². The van der Waals surface area contributed by atoms with Crippen LogP contribution in [0, 0.1) is 11.8 Å². The molecular weight excluding hydrogens is 663 g/mol. The second-order valence-electron chi connectivity index (χ2n) is 13.8. The van der Waals surface area contributed by atoms with E-state index in [9.17, 15) is 18.3 Å². The monoisotopic (exact) mass is 717 g/mol. The second kappa shape index (κ2) is 20.1. The first-order valence-corrected chi connectivity index (χ1v) is 22.3. The Morgan fingerprint density at radius 3 is 2.61 bits per heavy atom. The average molecular weight is 718 g/mol. The van der Waals surface area contributed by atoms with Gasteiger partial charge in [-0.15, -0.1) is 0 Å². The predicted octanol–water partition coefficient (Wildman–Crippen LogP) is 4.68. The minimum atomic E-state index is -4.02. The summed E-state index contributed by atoms with van der Waals surface area (Å²) in [5, 5.41) is 16.7. The summed E-state index contributed by atoms with van der Waals surface area (Å²) < 4.78 is 50.1. The molecule has 0 aromatic heterocycles. The topological polar surface area (TPSA) is 144 Å². The molecule has 13 heteroatoms. The lowest BCUT2D eigenvalue weighted by Crippen LogP contribution is -2.38. The molecule has 2 aromatic rings. The van der Waals surface area contributed by atoms with Crippen molar-refractivity contribution < 1.29 is 37.3 Å². The Bertz CT molecular complexity index is 1500. The molecule has 0 unspecified atom stereocenters. The molecule has 1 amide bonds. The summed E-state index contributed by atoms with van der Waals surface area (Å²) in [6, 6.07) is 13.0. The number of amides is 1. The van der Waals surface area contributed by atoms with Crippen LogP contribution in [-0.4, -0.2) is 79.5 Å². The highest BCUT2D eigenvalue weighted by atomic mass is 32.2. The number of hydrogen-bond acceptors (Lipinski definition) is 10. The SMILES string of the molecule is CC1(C)OCc2cc([C@@H](O)CNCCCCCCOCCC#Cc3cccc(S(=O)(=O)NC(=O)CNCOCC[Si](C)(C)C)c3)ccc2O1. The van der Waals surface area contributed by atoms with Gasteiger partial charge in [0.2, 0.25) is 11.7 Å². The van der Waals surface area contributed by atoms with E-state index in [4.69, 9.17) is 18.9 Å². The number of ether oxygens (including phenoxy) is 4. The van der Waals surface area contributed by atoms with E-state index in [1.165, 1.54) is 12.1 Å². The highest BCUT2D eigenvalue weighted by Gasteiger charge is 2.27. The summed E-state index contributed by atoms with van der Waals surface area (Å²) in [7, 11) is -5.20. The van der Waals surface area contributed by atoms with Gasteiger partial charge in [0.25, 0.3) is 10.0 Å². The fourth-order valence-electron chi connectivity index (χ4n) is 4.79. The normalized spacial score (nSPS) is 14.7. The summed E-state index contributed by atoms with van der Waals surface area (Å²) in [5.41, 5.74) is 2.34. The van der Waals surface area contributed by atoms with Crippen molar-refractivity contribution >= 4 is 24.0 Å². The smallest absolute Gasteiger partial charge is 0.264 e. The molecule has 4 N–H and O–H groups in total. The molecule has 0 bridgehead atoms. The van der Waals surface area contributed by atoms with Crippen LogP contribution in [0.5, 0.6) is 5.75 Å². The lowest BCUT2D eigenvalue weighted by atomic mass is 10.0. The first-order valence-electron chi connectivity index (χ1n) is 17.1. The molecular formula is C36H55N3O8SSi. The summed E-state index contributed by atoms with van der Waals surface area (Å²) in [6.45, 7) is 14.1. The Labute approximate surface area is 293 Å². The van der Waals surface area contributed by atoms with Gasteiger partial charge in [-0.1, -0.05) is 56.5 Å². The molecule has 1 heterocycles. The zero-order chi connectivity index (χ0) is 35.8. The van der Waals surface area contributed by atoms with Crippen molar-refractivity contribution in [3.05, 3.63) is 59.2 Å². The number of aliphatic hydroxyl groups excluding tert-OH is 1. The second-order valence-corrected chi connectivity index (χ2v) is 21.1. The predicted molar refractivity (Wildman–Crippen MR) is 193 cm³/mol. The number of aliphatic hydroxyl groups is 1. The van der Waals surface area contributed by atoms with E-state index in [0.29, 0.717) is 45.0 Å². The molecule has 49 heavy (non-hydrogen) atoms. The Kier molecular flexibility index (Phi) is 16.7. The van der Waals surface area contributed by atoms with Gasteiger partial charge in [0, 0.05) is 59.2 Å². The summed E-state index contributed by atoms with van der Waals surface area (Å²) in [4.78, 5) is 12.1. The quantitative estimate of drug-likeness (QED) is 0.0622. The van der Waals surface area contributed by atoms with Gasteiger partial charge in [-0.3, -0.25) is 10.1 Å². The maximum absolute atomic E-state index is 12.7. The molecule has 1 atom stereocenters. The van der Waals surface area contributed by atoms with Crippen LogP contribution in [0.15, 0.2) is 47.4 Å². The molecule has 1 aliphatic heterocycles. The van der Waals surface area contributed by atoms with Crippen molar-refractivity contribution in [3.8, 4) is 17.6 Å². The van der Waals surface area contributed by atoms with Crippen molar-refractivity contribution in [2.24, 2.45) is 0 Å². The van der Waals surface area contributed by atoms with Crippen LogP contribution in [0.1, 0.15) is 68.7 Å². The van der Waals surface area contributed by atoms with E-state index in [2.05, 4.69) is 46.8 Å². The molecule has 0 saturated carbocycles. The van der Waals surface area contributed by atoms with Crippen molar-refractivity contribution in [1.29, 1.82) is 0 Å². The Morgan fingerprint density at radius 1 is 1.02 bits per heavy atom. The summed E-state index contributed by atoms with van der Waals surface area (Å²) in [6.07, 6.45) is 4.02. The van der Waals surface area contributed by atoms with Gasteiger partial charge in [-0.25, -0.2) is 13.1 Å². The fraction of sp³-hybridized carbons (Fsp3) is 0.583. The Hall–Kier alpha value is -2.80. The minimum absolute atomic E-state index is 0.0218. The highest BCUT2D eigenvalue weighted by Crippen LogP contribution is 2.32. The van der Waals surface area contributed by atoms with E-state index in [0.717, 1.165) is 55.1 Å². The molecule has 0 saturated heterocycles. The number of hydrogen-bond donors (Lipinski definition) is 4. The lowest BCUT2D eigenvalue weighted by molar-refractivity contribution is -0.180. The van der Waals surface area contributed by atoms with E-state index < -0.39 is 35.9 Å². The number of unbranched alkanes of at least 4 members (excludes halogenated alkanes) is 3. The number of fused-ring (bicyclic) bond motifs is 1. The van der Waals surface area contributed by atoms with Crippen LogP contribution in [0.2, 0.25) is 25.7 Å². The number of carbonyl (C=O) groups excluding carboxylic acids is 1. The Balaban J connectivity index is 1.21. The van der Waals surface area contributed by atoms with Crippen LogP contribution in [-0.2, 0) is 35.6 Å². The molecule has 0 aliphatic carbocycles. The first kappa shape index (κ1) is 40.6. The molecule has 0 spiro atoms. The van der Waals surface area contributed by atoms with Crippen LogP contribution in [0.3, 0.4) is 0 Å². The van der Waals surface area contributed by atoms with Gasteiger partial charge in [-0.2, -0.15) is 0 Å². The number of carbonyl (C=O) groups is 1. The summed E-state index contributed by atoms with van der Waals surface area (Å²) in [5.74, 6) is 5.50. The standard InChI is InChI=1S/C36H55N3O8SSi/c1-36(2)46-27-31-24-30(16-17-34(31)47-36)33(40)25-37-18-9-6-7-10-19-44-20-11-8-13-29-14-12-15-32(23-29)48(42,43)39-35(41)26-38-28-45-21-22-49(3,4)5/h12,14-17,23-24,33,37-38,40H,6-7,9-11,18-22,25-28H2,1-5H3,(H,39,41)/t33-/m0/s1. The number of benzene rings is 2. The van der Waals surface area contributed by atoms with E-state index in [-0.39, 0.29) is 18.2 Å². The van der Waals surface area contributed by atoms with Crippen LogP contribution >= 0.6 is 0 Å². The minimum Gasteiger partial charge on any atom is -0.463 e. The third-order valence-corrected chi connectivity index (χ3v) is 10.7. The van der Waals surface area contributed by atoms with Crippen molar-refractivity contribution in [1.82, 2.24) is 15.4 Å². The van der Waals surface area contributed by atoms with Crippen molar-refractivity contribution in [2.45, 2.75) is 95.0 Å². The van der Waals surface area contributed by atoms with Crippen LogP contribution in [0.25, 0.3) is 0 Å². The van der Waals surface area contributed by atoms with Crippen molar-refractivity contribution in [2.75, 3.05) is 46.2 Å². The molecule has 3 rings (SSSR count). The number of rotatable bonds is 21. The average Bonchev–Trinajstić information content (AvgIpc) is 3.03. The van der Waals surface area contributed by atoms with Gasteiger partial charge >= 0.3 is 0 Å². The molecule has 0 fully saturated rings. The Morgan fingerprint density at radius 2 is 1.82 bits per heavy atom. The van der Waals surface area contributed by atoms with Gasteiger partial charge in [0.1, 0.15) is 5.75 Å². The zero-order valence-corrected chi connectivity index (χ0v) is 31.5. The maximum atomic E-state index is 12.7. The van der Waals surface area contributed by atoms with E-state index in [1.807, 2.05) is 32.0 Å². The molecule has 272 valence electrons. The molecule has 0 radical (unpaired) electrons. The largest absolute Gasteiger partial charge is 0.463 e. The van der Waals surface area contributed by atoms with Gasteiger partial charge in [-0.05, 0) is 61.3 Å². The first-order chi connectivity index (χ1) is 23.2. The van der Waals surface area contributed by atoms with E-state index in [1.54, 1.807) is 12.1 Å². The summed E-state index contributed by atoms with van der Waals surface area (Å²) >= 11 is 0. The van der Waals surface area contributed by atoms with Gasteiger partial charge in [0.05, 0.1) is 37.5 Å². The molecule has 2 aromatic carbocycles. The van der Waals surface area contributed by atoms with Crippen LogP contribution in [0.4, 0.5) is 0 Å². The van der Waals surface area contributed by atoms with Gasteiger partial charge in [0.15, 0.2) is 0 Å². The zero-order valence-electron chi connectivity index (χ0n) is 29.7. The van der Waals surface area contributed by atoms with E-state index >= 15 is 0 Å². The fourth-order valence-corrected chi connectivity index (χ4v) is 6.58. The molecule has 1 aliphatic rings. The van der Waals surface area contributed by atoms with Crippen LogP contribution < -0.4 is 20.1 Å². The lowest BCUT2D eigenvalue weighted by Gasteiger charge is -2.33. The third kappa shape index (κ3) is 16.2. The maximum Gasteiger partial charge on any atom is 0.264 e. The highest BCUT2D eigenvalue weighted by molar-refractivity contribution is 7.90. The number of sulfonamides is 1. The number of nitrogens with one attached hydrogen (secondary N) is 3. The third-order valence-electron chi connectivity index (χ3n) is 7.61. The van der Waals surface area contributed by atoms with Crippen molar-refractivity contribution in [3.63, 3.8) is 0 Å². The molecule has 11 nitrogen and oxygen atoms in total.